The lowest BCUT2D eigenvalue weighted by atomic mass is 10.2. The summed E-state index contributed by atoms with van der Waals surface area (Å²) in [6.45, 7) is 0.492. The van der Waals surface area contributed by atoms with Crippen LogP contribution in [0.25, 0.3) is 0 Å². The molecule has 0 bridgehead atoms. The molecule has 0 radical (unpaired) electrons. The van der Waals surface area contributed by atoms with Crippen molar-refractivity contribution in [2.45, 2.75) is 6.54 Å². The number of rotatable bonds is 8. The van der Waals surface area contributed by atoms with E-state index in [2.05, 4.69) is 20.6 Å². The number of nitrogens with zero attached hydrogens (tertiary/aromatic N) is 2. The Hall–Kier alpha value is -3.19. The van der Waals surface area contributed by atoms with E-state index in [0.717, 1.165) is 16.9 Å². The first-order chi connectivity index (χ1) is 16.0. The minimum absolute atomic E-state index is 0.372. The fraction of sp³-hybridized carbons (Fsp3) is 0.0833. The number of methoxy groups -OCH3 is 1. The summed E-state index contributed by atoms with van der Waals surface area (Å²) >= 11 is 18.7. The van der Waals surface area contributed by atoms with Crippen molar-refractivity contribution in [2.75, 3.05) is 17.7 Å². The molecule has 168 valence electrons. The number of halogens is 3. The highest BCUT2D eigenvalue weighted by Crippen LogP contribution is 2.31. The van der Waals surface area contributed by atoms with E-state index < -0.39 is 0 Å². The van der Waals surface area contributed by atoms with Crippen LogP contribution in [0.1, 0.15) is 5.56 Å². The second-order valence-corrected chi connectivity index (χ2v) is 8.10. The van der Waals surface area contributed by atoms with Crippen LogP contribution in [-0.4, -0.2) is 17.1 Å². The molecule has 6 nitrogen and oxygen atoms in total. The molecule has 4 aromatic rings. The van der Waals surface area contributed by atoms with Gasteiger partial charge >= 0.3 is 0 Å². The van der Waals surface area contributed by atoms with Gasteiger partial charge in [-0.1, -0.05) is 46.9 Å². The van der Waals surface area contributed by atoms with Gasteiger partial charge in [0.25, 0.3) is 0 Å². The molecule has 0 amide bonds. The van der Waals surface area contributed by atoms with E-state index in [1.807, 2.05) is 42.5 Å². The summed E-state index contributed by atoms with van der Waals surface area (Å²) in [5.41, 5.74) is 2.53. The van der Waals surface area contributed by atoms with Gasteiger partial charge in [-0.2, -0.15) is 4.98 Å². The van der Waals surface area contributed by atoms with Crippen molar-refractivity contribution in [3.8, 4) is 17.4 Å². The van der Waals surface area contributed by atoms with Crippen LogP contribution < -0.4 is 20.1 Å². The zero-order chi connectivity index (χ0) is 23.2. The van der Waals surface area contributed by atoms with Gasteiger partial charge in [0.05, 0.1) is 12.1 Å². The van der Waals surface area contributed by atoms with Crippen LogP contribution in [0.5, 0.6) is 17.4 Å². The summed E-state index contributed by atoms with van der Waals surface area (Å²) < 4.78 is 11.0. The first kappa shape index (κ1) is 23.0. The molecule has 0 aliphatic carbocycles. The van der Waals surface area contributed by atoms with Crippen LogP contribution in [0, 0.1) is 0 Å². The van der Waals surface area contributed by atoms with Crippen LogP contribution in [0.15, 0.2) is 72.9 Å². The molecule has 0 unspecified atom stereocenters. The molecular formula is C24H19Cl3N4O2. The molecule has 1 aromatic heterocycles. The number of benzene rings is 3. The molecule has 9 heteroatoms. The summed E-state index contributed by atoms with van der Waals surface area (Å²) in [6.07, 6.45) is 1.61. The highest BCUT2D eigenvalue weighted by Gasteiger charge is 2.08. The van der Waals surface area contributed by atoms with Crippen molar-refractivity contribution >= 4 is 52.1 Å². The molecule has 0 saturated heterocycles. The third-order valence-corrected chi connectivity index (χ3v) is 5.63. The van der Waals surface area contributed by atoms with Crippen LogP contribution in [-0.2, 0) is 6.54 Å². The molecule has 33 heavy (non-hydrogen) atoms. The molecule has 0 aliphatic rings. The number of aromatic nitrogens is 2. The maximum atomic E-state index is 6.25. The van der Waals surface area contributed by atoms with Crippen molar-refractivity contribution in [3.05, 3.63) is 93.6 Å². The Morgan fingerprint density at radius 3 is 2.36 bits per heavy atom. The minimum Gasteiger partial charge on any atom is -0.495 e. The van der Waals surface area contributed by atoms with Crippen LogP contribution >= 0.6 is 34.8 Å². The highest BCUT2D eigenvalue weighted by atomic mass is 35.5. The lowest BCUT2D eigenvalue weighted by Gasteiger charge is -2.12. The van der Waals surface area contributed by atoms with Gasteiger partial charge in [-0.15, -0.1) is 0 Å². The molecule has 0 aliphatic heterocycles. The average molecular weight is 502 g/mol. The maximum absolute atomic E-state index is 6.25. The Balaban J connectivity index is 1.43. The third kappa shape index (κ3) is 5.99. The first-order valence-electron chi connectivity index (χ1n) is 9.90. The number of nitrogens with one attached hydrogen (secondary N) is 2. The van der Waals surface area contributed by atoms with Gasteiger partial charge in [0.1, 0.15) is 11.5 Å². The maximum Gasteiger partial charge on any atom is 0.230 e. The van der Waals surface area contributed by atoms with Gasteiger partial charge in [-0.3, -0.25) is 0 Å². The van der Waals surface area contributed by atoms with E-state index >= 15 is 0 Å². The molecule has 0 fully saturated rings. The monoisotopic (exact) mass is 500 g/mol. The Labute approximate surface area is 206 Å². The molecule has 0 atom stereocenters. The molecule has 1 heterocycles. The van der Waals surface area contributed by atoms with Crippen molar-refractivity contribution < 1.29 is 9.47 Å². The van der Waals surface area contributed by atoms with E-state index in [1.165, 1.54) is 0 Å². The fourth-order valence-electron chi connectivity index (χ4n) is 3.02. The highest BCUT2D eigenvalue weighted by molar-refractivity contribution is 6.36. The summed E-state index contributed by atoms with van der Waals surface area (Å²) in [4.78, 5) is 8.67. The van der Waals surface area contributed by atoms with E-state index in [0.29, 0.717) is 44.9 Å². The SMILES string of the molecule is COc1ccc(Oc2ccnc(Nc3cccc(NCc4c(Cl)cccc4Cl)c3)n2)cc1Cl. The first-order valence-corrected chi connectivity index (χ1v) is 11.0. The van der Waals surface area contributed by atoms with Gasteiger partial charge in [0, 0.05) is 51.9 Å². The number of hydrogen-bond donors (Lipinski definition) is 2. The number of ether oxygens (including phenoxy) is 2. The van der Waals surface area contributed by atoms with Crippen LogP contribution in [0.4, 0.5) is 17.3 Å². The second kappa shape index (κ2) is 10.6. The third-order valence-electron chi connectivity index (χ3n) is 4.63. The summed E-state index contributed by atoms with van der Waals surface area (Å²) in [6, 6.07) is 20.0. The molecule has 2 N–H and O–H groups in total. The average Bonchev–Trinajstić information content (AvgIpc) is 2.79. The topological polar surface area (TPSA) is 68.3 Å². The molecule has 3 aromatic carbocycles. The Bertz CT molecular complexity index is 1250. The second-order valence-electron chi connectivity index (χ2n) is 6.88. The minimum atomic E-state index is 0.372. The molecule has 0 saturated carbocycles. The van der Waals surface area contributed by atoms with Gasteiger partial charge in [-0.05, 0) is 42.5 Å². The van der Waals surface area contributed by atoms with Crippen molar-refractivity contribution in [1.82, 2.24) is 9.97 Å². The van der Waals surface area contributed by atoms with Gasteiger partial charge in [0.15, 0.2) is 0 Å². The molecule has 4 rings (SSSR count). The summed E-state index contributed by atoms with van der Waals surface area (Å²) in [7, 11) is 1.56. The largest absolute Gasteiger partial charge is 0.495 e. The smallest absolute Gasteiger partial charge is 0.230 e. The van der Waals surface area contributed by atoms with Crippen molar-refractivity contribution in [1.29, 1.82) is 0 Å². The zero-order valence-corrected chi connectivity index (χ0v) is 19.7. The van der Waals surface area contributed by atoms with E-state index in [4.69, 9.17) is 44.3 Å². The number of anilines is 3. The lowest BCUT2D eigenvalue weighted by molar-refractivity contribution is 0.412. The quantitative estimate of drug-likeness (QED) is 0.259. The van der Waals surface area contributed by atoms with Gasteiger partial charge in [-0.25, -0.2) is 4.98 Å². The Morgan fingerprint density at radius 2 is 1.61 bits per heavy atom. The Kier molecular flexibility index (Phi) is 7.40. The van der Waals surface area contributed by atoms with Gasteiger partial charge < -0.3 is 20.1 Å². The van der Waals surface area contributed by atoms with Crippen LogP contribution in [0.3, 0.4) is 0 Å². The van der Waals surface area contributed by atoms with Crippen molar-refractivity contribution in [2.24, 2.45) is 0 Å². The summed E-state index contributed by atoms with van der Waals surface area (Å²) in [5.74, 6) is 1.86. The predicted octanol–water partition coefficient (Wildman–Crippen LogP) is 7.59. The lowest BCUT2D eigenvalue weighted by Crippen LogP contribution is -2.02. The normalized spacial score (nSPS) is 10.5. The van der Waals surface area contributed by atoms with Crippen molar-refractivity contribution in [3.63, 3.8) is 0 Å². The van der Waals surface area contributed by atoms with E-state index in [-0.39, 0.29) is 0 Å². The van der Waals surface area contributed by atoms with E-state index in [1.54, 1.807) is 37.6 Å². The fourth-order valence-corrected chi connectivity index (χ4v) is 3.80. The standard InChI is InChI=1S/C24H19Cl3N4O2/c1-32-22-9-8-17(13-21(22)27)33-23-10-11-28-24(31-23)30-16-5-2-4-15(12-16)29-14-18-19(25)6-3-7-20(18)26/h2-13,29H,14H2,1H3,(H,28,30,31). The van der Waals surface area contributed by atoms with E-state index in [9.17, 15) is 0 Å². The van der Waals surface area contributed by atoms with Gasteiger partial charge in [0.2, 0.25) is 11.8 Å². The molecule has 0 spiro atoms. The Morgan fingerprint density at radius 1 is 0.848 bits per heavy atom. The van der Waals surface area contributed by atoms with Crippen LogP contribution in [0.2, 0.25) is 15.1 Å². The number of hydrogen-bond acceptors (Lipinski definition) is 6. The predicted molar refractivity (Wildman–Crippen MR) is 134 cm³/mol. The zero-order valence-electron chi connectivity index (χ0n) is 17.5. The summed E-state index contributed by atoms with van der Waals surface area (Å²) in [5, 5.41) is 8.20. The molecular weight excluding hydrogens is 483 g/mol.